The molecule has 1 N–H and O–H groups in total. The number of aryl methyl sites for hydroxylation is 1. The van der Waals surface area contributed by atoms with Gasteiger partial charge in [-0.25, -0.2) is 8.42 Å². The molecule has 4 aromatic carbocycles. The lowest BCUT2D eigenvalue weighted by Crippen LogP contribution is -2.53. The Bertz CT molecular complexity index is 1820. The smallest absolute Gasteiger partial charge is 0.273 e. The number of carbonyl (C=O) groups excluding carboxylic acids is 2. The summed E-state index contributed by atoms with van der Waals surface area (Å²) in [4.78, 5) is 40.1. The van der Waals surface area contributed by atoms with Gasteiger partial charge >= 0.3 is 0 Å². The average molecular weight is 724 g/mol. The van der Waals surface area contributed by atoms with Gasteiger partial charge in [0.2, 0.25) is 11.8 Å². The van der Waals surface area contributed by atoms with Gasteiger partial charge in [0.15, 0.2) is 0 Å². The molecule has 4 rings (SSSR count). The SMILES string of the molecule is CCNC(=O)[C@H](Cc1ccccc1)N(Cc1ccc(Br)cc1)C(=O)CN(c1ccc(OC)cc1)S(=O)(=O)c1ccc(C)c([N+](=O)[O-])c1. The van der Waals surface area contributed by atoms with Crippen LogP contribution in [0.15, 0.2) is 106 Å². The van der Waals surface area contributed by atoms with E-state index < -0.39 is 39.3 Å². The Morgan fingerprint density at radius 1 is 0.957 bits per heavy atom. The van der Waals surface area contributed by atoms with Gasteiger partial charge in [-0.2, -0.15) is 0 Å². The number of likely N-dealkylation sites (N-methyl/N-ethyl adjacent to an activating group) is 1. The van der Waals surface area contributed by atoms with Crippen molar-refractivity contribution < 1.29 is 27.7 Å². The molecule has 4 aromatic rings. The molecule has 13 heteroatoms. The Balaban J connectivity index is 1.83. The number of nitrogens with zero attached hydrogens (tertiary/aromatic N) is 3. The maximum atomic E-state index is 14.5. The van der Waals surface area contributed by atoms with Crippen LogP contribution < -0.4 is 14.4 Å². The topological polar surface area (TPSA) is 139 Å². The van der Waals surface area contributed by atoms with E-state index in [4.69, 9.17) is 4.74 Å². The van der Waals surface area contributed by atoms with Crippen LogP contribution in [0.25, 0.3) is 0 Å². The van der Waals surface area contributed by atoms with Gasteiger partial charge in [-0.15, -0.1) is 0 Å². The molecule has 0 aromatic heterocycles. The van der Waals surface area contributed by atoms with Crippen molar-refractivity contribution >= 4 is 49.1 Å². The van der Waals surface area contributed by atoms with E-state index in [1.54, 1.807) is 19.1 Å². The highest BCUT2D eigenvalue weighted by Gasteiger charge is 2.35. The number of halogens is 1. The highest BCUT2D eigenvalue weighted by Crippen LogP contribution is 2.30. The maximum Gasteiger partial charge on any atom is 0.273 e. The van der Waals surface area contributed by atoms with E-state index in [1.807, 2.05) is 54.6 Å². The Hall–Kier alpha value is -4.75. The largest absolute Gasteiger partial charge is 0.497 e. The first-order chi connectivity index (χ1) is 22.4. The quantitative estimate of drug-likeness (QED) is 0.131. The third-order valence-corrected chi connectivity index (χ3v) is 9.79. The summed E-state index contributed by atoms with van der Waals surface area (Å²) in [5.41, 5.74) is 1.57. The molecule has 0 aliphatic rings. The van der Waals surface area contributed by atoms with Crippen molar-refractivity contribution in [3.05, 3.63) is 128 Å². The number of ether oxygens (including phenoxy) is 1. The van der Waals surface area contributed by atoms with Gasteiger partial charge < -0.3 is 15.0 Å². The van der Waals surface area contributed by atoms with Gasteiger partial charge in [0.1, 0.15) is 18.3 Å². The first kappa shape index (κ1) is 35.1. The number of sulfonamides is 1. The number of nitrogens with one attached hydrogen (secondary N) is 1. The van der Waals surface area contributed by atoms with Gasteiger partial charge in [0, 0.05) is 35.6 Å². The molecule has 0 spiro atoms. The minimum atomic E-state index is -4.53. The normalized spacial score (nSPS) is 11.7. The summed E-state index contributed by atoms with van der Waals surface area (Å²) in [7, 11) is -3.07. The molecule has 0 saturated carbocycles. The van der Waals surface area contributed by atoms with E-state index in [0.29, 0.717) is 12.3 Å². The van der Waals surface area contributed by atoms with E-state index in [9.17, 15) is 28.1 Å². The monoisotopic (exact) mass is 722 g/mol. The van der Waals surface area contributed by atoms with Crippen LogP contribution in [0.3, 0.4) is 0 Å². The molecule has 0 heterocycles. The third kappa shape index (κ3) is 8.74. The number of hydrogen-bond donors (Lipinski definition) is 1. The summed E-state index contributed by atoms with van der Waals surface area (Å²) < 4.78 is 35.4. The first-order valence-corrected chi connectivity index (χ1v) is 16.9. The van der Waals surface area contributed by atoms with Crippen molar-refractivity contribution in [2.45, 2.75) is 37.8 Å². The molecule has 0 unspecified atom stereocenters. The van der Waals surface area contributed by atoms with Crippen molar-refractivity contribution in [3.8, 4) is 5.75 Å². The van der Waals surface area contributed by atoms with Crippen LogP contribution in [0.5, 0.6) is 5.75 Å². The predicted molar refractivity (Wildman–Crippen MR) is 183 cm³/mol. The third-order valence-electron chi connectivity index (χ3n) is 7.49. The van der Waals surface area contributed by atoms with Gasteiger partial charge in [-0.3, -0.25) is 24.0 Å². The Morgan fingerprint density at radius 2 is 1.62 bits per heavy atom. The maximum absolute atomic E-state index is 14.5. The summed E-state index contributed by atoms with van der Waals surface area (Å²) in [5.74, 6) is -0.588. The predicted octanol–water partition coefficient (Wildman–Crippen LogP) is 5.65. The number of carbonyl (C=O) groups is 2. The summed E-state index contributed by atoms with van der Waals surface area (Å²) in [5, 5.41) is 14.5. The Morgan fingerprint density at radius 3 is 2.21 bits per heavy atom. The highest BCUT2D eigenvalue weighted by molar-refractivity contribution is 9.10. The number of anilines is 1. The van der Waals surface area contributed by atoms with Crippen molar-refractivity contribution in [1.29, 1.82) is 0 Å². The Kier molecular flexibility index (Phi) is 11.7. The first-order valence-electron chi connectivity index (χ1n) is 14.7. The zero-order chi connectivity index (χ0) is 34.1. The zero-order valence-electron chi connectivity index (χ0n) is 26.1. The minimum absolute atomic E-state index is 0.00719. The molecule has 0 fully saturated rings. The Labute approximate surface area is 282 Å². The molecule has 0 bridgehead atoms. The van der Waals surface area contributed by atoms with E-state index in [1.165, 1.54) is 43.2 Å². The summed E-state index contributed by atoms with van der Waals surface area (Å²) >= 11 is 3.42. The second-order valence-electron chi connectivity index (χ2n) is 10.7. The second-order valence-corrected chi connectivity index (χ2v) is 13.4. The fourth-order valence-corrected chi connectivity index (χ4v) is 6.68. The molecule has 0 aliphatic heterocycles. The van der Waals surface area contributed by atoms with Crippen molar-refractivity contribution in [3.63, 3.8) is 0 Å². The van der Waals surface area contributed by atoms with Crippen LogP contribution in [-0.4, -0.2) is 56.3 Å². The van der Waals surface area contributed by atoms with Gasteiger partial charge in [0.05, 0.1) is 22.6 Å². The fourth-order valence-electron chi connectivity index (χ4n) is 4.98. The number of nitro groups is 1. The van der Waals surface area contributed by atoms with E-state index >= 15 is 0 Å². The summed E-state index contributed by atoms with van der Waals surface area (Å²) in [6.45, 7) is 2.92. The lowest BCUT2D eigenvalue weighted by atomic mass is 10.0. The van der Waals surface area contributed by atoms with E-state index in [2.05, 4.69) is 21.2 Å². The molecule has 0 saturated heterocycles. The van der Waals surface area contributed by atoms with Crippen molar-refractivity contribution in [2.24, 2.45) is 0 Å². The summed E-state index contributed by atoms with van der Waals surface area (Å²) in [6.07, 6.45) is 0.175. The molecule has 0 radical (unpaired) electrons. The second kappa shape index (κ2) is 15.7. The zero-order valence-corrected chi connectivity index (χ0v) is 28.5. The lowest BCUT2D eigenvalue weighted by Gasteiger charge is -2.33. The number of nitro benzene ring substituents is 1. The molecule has 0 aliphatic carbocycles. The number of benzene rings is 4. The van der Waals surface area contributed by atoms with Gasteiger partial charge in [0.25, 0.3) is 15.7 Å². The van der Waals surface area contributed by atoms with Crippen LogP contribution in [0.2, 0.25) is 0 Å². The van der Waals surface area contributed by atoms with Crippen LogP contribution in [0.1, 0.15) is 23.6 Å². The standard InChI is InChI=1S/C34H35BrN4O7S/c1-4-36-34(41)32(20-25-8-6-5-7-9-25)37(22-26-11-13-27(35)14-12-26)33(40)23-38(28-15-17-29(46-3)18-16-28)47(44,45)30-19-10-24(2)31(21-30)39(42)43/h5-19,21,32H,4,20,22-23H2,1-3H3,(H,36,41)/t32-/m0/s1. The van der Waals surface area contributed by atoms with Crippen LogP contribution in [-0.2, 0) is 32.6 Å². The van der Waals surface area contributed by atoms with Gasteiger partial charge in [-0.05, 0) is 67.4 Å². The molecule has 2 amide bonds. The van der Waals surface area contributed by atoms with Crippen LogP contribution in [0.4, 0.5) is 11.4 Å². The van der Waals surface area contributed by atoms with Crippen molar-refractivity contribution in [1.82, 2.24) is 10.2 Å². The lowest BCUT2D eigenvalue weighted by molar-refractivity contribution is -0.385. The van der Waals surface area contributed by atoms with Crippen molar-refractivity contribution in [2.75, 3.05) is 24.5 Å². The number of methoxy groups -OCH3 is 1. The molecule has 1 atom stereocenters. The summed E-state index contributed by atoms with van der Waals surface area (Å²) in [6, 6.07) is 25.2. The van der Waals surface area contributed by atoms with E-state index in [-0.39, 0.29) is 34.8 Å². The molecule has 11 nitrogen and oxygen atoms in total. The number of amides is 2. The molecule has 246 valence electrons. The van der Waals surface area contributed by atoms with Crippen LogP contribution in [0, 0.1) is 17.0 Å². The number of rotatable bonds is 14. The average Bonchev–Trinajstić information content (AvgIpc) is 3.06. The van der Waals surface area contributed by atoms with E-state index in [0.717, 1.165) is 26.0 Å². The minimum Gasteiger partial charge on any atom is -0.497 e. The fraction of sp³-hybridized carbons (Fsp3) is 0.235. The van der Waals surface area contributed by atoms with Gasteiger partial charge in [-0.1, -0.05) is 64.5 Å². The van der Waals surface area contributed by atoms with Crippen LogP contribution >= 0.6 is 15.9 Å². The molecule has 47 heavy (non-hydrogen) atoms. The highest BCUT2D eigenvalue weighted by atomic mass is 79.9. The molecular weight excluding hydrogens is 688 g/mol. The number of hydrogen-bond acceptors (Lipinski definition) is 7. The molecular formula is C34H35BrN4O7S.